The van der Waals surface area contributed by atoms with E-state index in [1.54, 1.807) is 0 Å². The average molecular weight is 410 g/mol. The zero-order valence-corrected chi connectivity index (χ0v) is 15.8. The van der Waals surface area contributed by atoms with Crippen LogP contribution in [0.1, 0.15) is 33.3 Å². The van der Waals surface area contributed by atoms with E-state index in [1.165, 1.54) is 0 Å². The number of nitrogens with zero attached hydrogens (tertiary/aromatic N) is 1. The number of hydrogen-bond donors (Lipinski definition) is 2. The van der Waals surface area contributed by atoms with Gasteiger partial charge in [-0.05, 0) is 45.7 Å². The summed E-state index contributed by atoms with van der Waals surface area (Å²) in [5.74, 6) is 0.849. The van der Waals surface area contributed by atoms with Crippen LogP contribution in [0.2, 0.25) is 5.02 Å². The Bertz CT molecular complexity index is 427. The molecule has 0 unspecified atom stereocenters. The molecule has 0 aliphatic heterocycles. The van der Waals surface area contributed by atoms with Crippen LogP contribution in [0.4, 0.5) is 0 Å². The van der Waals surface area contributed by atoms with E-state index in [-0.39, 0.29) is 29.5 Å². The van der Waals surface area contributed by atoms with E-state index in [2.05, 4.69) is 43.3 Å². The molecule has 0 saturated carbocycles. The Morgan fingerprint density at radius 3 is 2.45 bits per heavy atom. The van der Waals surface area contributed by atoms with Crippen molar-refractivity contribution in [3.8, 4) is 0 Å². The second-order valence-corrected chi connectivity index (χ2v) is 5.88. The molecule has 1 rings (SSSR count). The molecule has 114 valence electrons. The van der Waals surface area contributed by atoms with Gasteiger partial charge in [-0.2, -0.15) is 0 Å². The topological polar surface area (TPSA) is 36.4 Å². The van der Waals surface area contributed by atoms with Gasteiger partial charge in [-0.3, -0.25) is 4.99 Å². The maximum Gasteiger partial charge on any atom is 0.191 e. The van der Waals surface area contributed by atoms with Crippen LogP contribution >= 0.6 is 35.6 Å². The summed E-state index contributed by atoms with van der Waals surface area (Å²) in [6.45, 7) is 9.99. The molecule has 0 heterocycles. The van der Waals surface area contributed by atoms with E-state index in [1.807, 2.05) is 24.3 Å². The molecular formula is C15H25ClIN3. The van der Waals surface area contributed by atoms with Gasteiger partial charge in [0.2, 0.25) is 0 Å². The molecule has 3 nitrogen and oxygen atoms in total. The SMILES string of the molecule is CCNC(=NCCc1ccccc1Cl)NC(C)(C)C.I. The molecule has 0 fully saturated rings. The quantitative estimate of drug-likeness (QED) is 0.450. The van der Waals surface area contributed by atoms with Crippen LogP contribution in [-0.2, 0) is 6.42 Å². The van der Waals surface area contributed by atoms with E-state index in [0.717, 1.165) is 36.1 Å². The van der Waals surface area contributed by atoms with Crippen molar-refractivity contribution in [3.63, 3.8) is 0 Å². The fourth-order valence-corrected chi connectivity index (χ4v) is 1.88. The third-order valence-corrected chi connectivity index (χ3v) is 2.82. The summed E-state index contributed by atoms with van der Waals surface area (Å²) in [4.78, 5) is 4.57. The number of rotatable bonds is 4. The lowest BCUT2D eigenvalue weighted by molar-refractivity contribution is 0.501. The number of benzene rings is 1. The zero-order valence-electron chi connectivity index (χ0n) is 12.7. The minimum atomic E-state index is 0. The summed E-state index contributed by atoms with van der Waals surface area (Å²) < 4.78 is 0. The van der Waals surface area contributed by atoms with E-state index in [0.29, 0.717) is 0 Å². The molecule has 0 spiro atoms. The molecule has 0 aliphatic carbocycles. The Morgan fingerprint density at radius 2 is 1.90 bits per heavy atom. The maximum absolute atomic E-state index is 6.13. The van der Waals surface area contributed by atoms with Crippen LogP contribution in [0.15, 0.2) is 29.3 Å². The van der Waals surface area contributed by atoms with E-state index in [9.17, 15) is 0 Å². The third-order valence-electron chi connectivity index (χ3n) is 2.45. The van der Waals surface area contributed by atoms with E-state index >= 15 is 0 Å². The second kappa shape index (κ2) is 9.45. The van der Waals surface area contributed by atoms with Crippen LogP contribution in [0.5, 0.6) is 0 Å². The van der Waals surface area contributed by atoms with Gasteiger partial charge in [-0.25, -0.2) is 0 Å². The monoisotopic (exact) mass is 409 g/mol. The summed E-state index contributed by atoms with van der Waals surface area (Å²) >= 11 is 6.13. The van der Waals surface area contributed by atoms with Gasteiger partial charge < -0.3 is 10.6 Å². The number of aliphatic imine (C=N–C) groups is 1. The molecule has 0 amide bonds. The van der Waals surface area contributed by atoms with Gasteiger partial charge in [-0.15, -0.1) is 24.0 Å². The molecule has 0 radical (unpaired) electrons. The molecule has 2 N–H and O–H groups in total. The lowest BCUT2D eigenvalue weighted by atomic mass is 10.1. The number of guanidine groups is 1. The Balaban J connectivity index is 0.00000361. The first-order valence-corrected chi connectivity index (χ1v) is 7.10. The van der Waals surface area contributed by atoms with Crippen LogP contribution < -0.4 is 10.6 Å². The smallest absolute Gasteiger partial charge is 0.191 e. The summed E-state index contributed by atoms with van der Waals surface area (Å²) in [5.41, 5.74) is 1.14. The van der Waals surface area contributed by atoms with Gasteiger partial charge in [0, 0.05) is 23.7 Å². The Labute approximate surface area is 144 Å². The summed E-state index contributed by atoms with van der Waals surface area (Å²) in [5, 5.41) is 7.42. The van der Waals surface area contributed by atoms with Crippen molar-refractivity contribution in [2.75, 3.05) is 13.1 Å². The summed E-state index contributed by atoms with van der Waals surface area (Å²) in [7, 11) is 0. The first kappa shape index (κ1) is 19.5. The van der Waals surface area contributed by atoms with Gasteiger partial charge in [0.25, 0.3) is 0 Å². The highest BCUT2D eigenvalue weighted by Gasteiger charge is 2.11. The van der Waals surface area contributed by atoms with Crippen molar-refractivity contribution in [2.24, 2.45) is 4.99 Å². The molecule has 1 aromatic carbocycles. The average Bonchev–Trinajstić information content (AvgIpc) is 2.30. The normalized spacial score (nSPS) is 11.8. The highest BCUT2D eigenvalue weighted by molar-refractivity contribution is 14.0. The van der Waals surface area contributed by atoms with Crippen molar-refractivity contribution in [3.05, 3.63) is 34.9 Å². The van der Waals surface area contributed by atoms with Crippen LogP contribution in [0, 0.1) is 0 Å². The van der Waals surface area contributed by atoms with Crippen molar-refractivity contribution in [1.29, 1.82) is 0 Å². The molecule has 0 aliphatic rings. The molecule has 0 aromatic heterocycles. The van der Waals surface area contributed by atoms with E-state index < -0.39 is 0 Å². The highest BCUT2D eigenvalue weighted by Crippen LogP contribution is 2.15. The Hall–Kier alpha value is -0.490. The molecule has 20 heavy (non-hydrogen) atoms. The second-order valence-electron chi connectivity index (χ2n) is 5.48. The molecule has 1 aromatic rings. The molecule has 0 saturated heterocycles. The fourth-order valence-electron chi connectivity index (χ4n) is 1.65. The number of halogens is 2. The standard InChI is InChI=1S/C15H24ClN3.HI/c1-5-17-14(19-15(2,3)4)18-11-10-12-8-6-7-9-13(12)16;/h6-9H,5,10-11H2,1-4H3,(H2,17,18,19);1H. The van der Waals surface area contributed by atoms with Gasteiger partial charge in [0.1, 0.15) is 0 Å². The van der Waals surface area contributed by atoms with Crippen molar-refractivity contribution in [2.45, 2.75) is 39.7 Å². The first-order valence-electron chi connectivity index (χ1n) is 6.72. The molecule has 0 bridgehead atoms. The predicted molar refractivity (Wildman–Crippen MR) is 99.4 cm³/mol. The minimum Gasteiger partial charge on any atom is -0.357 e. The van der Waals surface area contributed by atoms with Crippen LogP contribution in [-0.4, -0.2) is 24.6 Å². The molecule has 5 heteroatoms. The van der Waals surface area contributed by atoms with Crippen molar-refractivity contribution in [1.82, 2.24) is 10.6 Å². The minimum absolute atomic E-state index is 0. The fraction of sp³-hybridized carbons (Fsp3) is 0.533. The molecular weight excluding hydrogens is 385 g/mol. The number of nitrogens with one attached hydrogen (secondary N) is 2. The largest absolute Gasteiger partial charge is 0.357 e. The predicted octanol–water partition coefficient (Wildman–Crippen LogP) is 3.85. The van der Waals surface area contributed by atoms with E-state index in [4.69, 9.17) is 11.6 Å². The van der Waals surface area contributed by atoms with Crippen molar-refractivity contribution >= 4 is 41.5 Å². The molecule has 0 atom stereocenters. The van der Waals surface area contributed by atoms with Gasteiger partial charge in [0.15, 0.2) is 5.96 Å². The first-order chi connectivity index (χ1) is 8.92. The van der Waals surface area contributed by atoms with Gasteiger partial charge >= 0.3 is 0 Å². The van der Waals surface area contributed by atoms with Gasteiger partial charge in [-0.1, -0.05) is 29.8 Å². The lowest BCUT2D eigenvalue weighted by Crippen LogP contribution is -2.47. The highest BCUT2D eigenvalue weighted by atomic mass is 127. The van der Waals surface area contributed by atoms with Gasteiger partial charge in [0.05, 0.1) is 0 Å². The summed E-state index contributed by atoms with van der Waals surface area (Å²) in [6, 6.07) is 7.91. The van der Waals surface area contributed by atoms with Crippen molar-refractivity contribution < 1.29 is 0 Å². The summed E-state index contributed by atoms with van der Waals surface area (Å²) in [6.07, 6.45) is 0.848. The Morgan fingerprint density at radius 1 is 1.25 bits per heavy atom. The maximum atomic E-state index is 6.13. The van der Waals surface area contributed by atoms with Crippen LogP contribution in [0.25, 0.3) is 0 Å². The van der Waals surface area contributed by atoms with Crippen LogP contribution in [0.3, 0.4) is 0 Å². The zero-order chi connectivity index (χ0) is 14.3. The third kappa shape index (κ3) is 7.94. The number of hydrogen-bond acceptors (Lipinski definition) is 1. The lowest BCUT2D eigenvalue weighted by Gasteiger charge is -2.23. The Kier molecular flexibility index (Phi) is 9.22.